The molecule has 0 fully saturated rings. The Bertz CT molecular complexity index is 1850. The molecule has 45 heavy (non-hydrogen) atoms. The van der Waals surface area contributed by atoms with Crippen LogP contribution in [0.3, 0.4) is 0 Å². The monoisotopic (exact) mass is 624 g/mol. The third kappa shape index (κ3) is 6.79. The van der Waals surface area contributed by atoms with Crippen LogP contribution in [0.2, 0.25) is 0 Å². The van der Waals surface area contributed by atoms with Crippen molar-refractivity contribution in [2.24, 2.45) is 0 Å². The summed E-state index contributed by atoms with van der Waals surface area (Å²) in [5, 5.41) is 11.7. The first-order valence-corrected chi connectivity index (χ1v) is 13.7. The van der Waals surface area contributed by atoms with E-state index in [4.69, 9.17) is 8.94 Å². The summed E-state index contributed by atoms with van der Waals surface area (Å²) < 4.78 is 64.5. The van der Waals surface area contributed by atoms with Gasteiger partial charge >= 0.3 is 6.18 Å². The van der Waals surface area contributed by atoms with Gasteiger partial charge in [0.25, 0.3) is 17.7 Å². The smallest absolute Gasteiger partial charge is 0.405 e. The number of aryl methyl sites for hydroxylation is 1. The third-order valence-electron chi connectivity index (χ3n) is 6.92. The highest BCUT2D eigenvalue weighted by molar-refractivity contribution is 6.11. The number of allylic oxidation sites excluding steroid dienone is 4. The lowest BCUT2D eigenvalue weighted by atomic mass is 9.96. The maximum atomic E-state index is 13.6. The van der Waals surface area contributed by atoms with E-state index in [1.165, 1.54) is 43.5 Å². The molecule has 0 spiro atoms. The fourth-order valence-electron chi connectivity index (χ4n) is 4.70. The van der Waals surface area contributed by atoms with Crippen LogP contribution in [-0.2, 0) is 10.3 Å². The number of aromatic nitrogens is 3. The van der Waals surface area contributed by atoms with Crippen LogP contribution in [-0.4, -0.2) is 46.7 Å². The molecule has 3 aromatic heterocycles. The van der Waals surface area contributed by atoms with Crippen LogP contribution in [0.4, 0.5) is 23.4 Å². The van der Waals surface area contributed by atoms with Gasteiger partial charge in [0.2, 0.25) is 5.71 Å². The fraction of sp³-hybridized carbons (Fsp3) is 0.258. The molecule has 10 nitrogen and oxygen atoms in total. The SMILES string of the molecule is CNC(=O)c1c(-c2ccc(F)cc2)oc2nc(NCC(F)(F)F)c(C3C=CC=C(C(=O)NC(C)(C)c4nc(C)no4)C=C3)cc12. The average Bonchev–Trinajstić information content (AvgIpc) is 3.50. The standard InChI is InChI=1S/C31H28F4N6O4/c1-16-38-29(45-41-16)30(2,3)40-26(42)19-7-5-6-17(8-9-19)21-14-22-23(27(43)36-4)24(18-10-12-20(32)13-11-18)44-28(22)39-25(21)37-15-31(33,34)35/h5-14,17H,15H2,1-4H3,(H,36,43)(H,37,39)(H,40,42). The number of nitrogens with zero attached hydrogens (tertiary/aromatic N) is 3. The second kappa shape index (κ2) is 12.0. The van der Waals surface area contributed by atoms with Crippen molar-refractivity contribution in [2.75, 3.05) is 18.9 Å². The van der Waals surface area contributed by atoms with Gasteiger partial charge in [-0.3, -0.25) is 9.59 Å². The predicted octanol–water partition coefficient (Wildman–Crippen LogP) is 5.85. The number of benzene rings is 1. The number of amides is 2. The number of hydrogen-bond donors (Lipinski definition) is 3. The van der Waals surface area contributed by atoms with Crippen molar-refractivity contribution < 1.29 is 36.1 Å². The lowest BCUT2D eigenvalue weighted by Gasteiger charge is -2.22. The Morgan fingerprint density at radius 3 is 2.42 bits per heavy atom. The number of carbonyl (C=O) groups excluding carboxylic acids is 2. The van der Waals surface area contributed by atoms with Crippen LogP contribution < -0.4 is 16.0 Å². The van der Waals surface area contributed by atoms with Crippen molar-refractivity contribution in [3.05, 3.63) is 94.9 Å². The quantitative estimate of drug-likeness (QED) is 0.208. The molecule has 3 N–H and O–H groups in total. The first kappa shape index (κ1) is 31.2. The second-order valence-corrected chi connectivity index (χ2v) is 10.8. The van der Waals surface area contributed by atoms with E-state index in [2.05, 4.69) is 31.1 Å². The number of carbonyl (C=O) groups is 2. The topological polar surface area (TPSA) is 135 Å². The molecule has 234 valence electrons. The van der Waals surface area contributed by atoms with Gasteiger partial charge in [0.1, 0.15) is 29.5 Å². The molecule has 1 aromatic carbocycles. The largest absolute Gasteiger partial charge is 0.437 e. The van der Waals surface area contributed by atoms with E-state index in [1.54, 1.807) is 45.1 Å². The van der Waals surface area contributed by atoms with E-state index in [9.17, 15) is 27.2 Å². The minimum Gasteiger partial charge on any atom is -0.437 e. The van der Waals surface area contributed by atoms with Gasteiger partial charge in [0.15, 0.2) is 5.82 Å². The van der Waals surface area contributed by atoms with Crippen molar-refractivity contribution >= 4 is 28.7 Å². The van der Waals surface area contributed by atoms with Crippen LogP contribution >= 0.6 is 0 Å². The van der Waals surface area contributed by atoms with Crippen molar-refractivity contribution in [1.29, 1.82) is 0 Å². The van der Waals surface area contributed by atoms with Gasteiger partial charge in [-0.25, -0.2) is 4.39 Å². The normalized spacial score (nSPS) is 15.1. The summed E-state index contributed by atoms with van der Waals surface area (Å²) in [5.74, 6) is -1.61. The Balaban J connectivity index is 1.54. The minimum atomic E-state index is -4.56. The first-order valence-electron chi connectivity index (χ1n) is 13.7. The van der Waals surface area contributed by atoms with Crippen LogP contribution in [0.5, 0.6) is 0 Å². The average molecular weight is 625 g/mol. The highest BCUT2D eigenvalue weighted by Gasteiger charge is 2.31. The molecule has 1 aliphatic carbocycles. The third-order valence-corrected chi connectivity index (χ3v) is 6.92. The zero-order valence-corrected chi connectivity index (χ0v) is 24.5. The Hall–Kier alpha value is -5.27. The Kier molecular flexibility index (Phi) is 8.32. The summed E-state index contributed by atoms with van der Waals surface area (Å²) in [6.07, 6.45) is 3.42. The molecule has 0 radical (unpaired) electrons. The molecular formula is C31H28F4N6O4. The Labute approximate surface area is 254 Å². The molecule has 4 aromatic rings. The molecule has 0 saturated heterocycles. The number of alkyl halides is 3. The summed E-state index contributed by atoms with van der Waals surface area (Å²) in [4.78, 5) is 34.7. The number of rotatable bonds is 8. The number of halogens is 4. The molecule has 0 bridgehead atoms. The van der Waals surface area contributed by atoms with E-state index >= 15 is 0 Å². The van der Waals surface area contributed by atoms with Crippen molar-refractivity contribution in [2.45, 2.75) is 38.4 Å². The minimum absolute atomic E-state index is 0.0717. The van der Waals surface area contributed by atoms with Crippen molar-refractivity contribution in [3.8, 4) is 11.3 Å². The molecule has 0 saturated carbocycles. The van der Waals surface area contributed by atoms with Gasteiger partial charge in [-0.2, -0.15) is 23.1 Å². The number of nitrogens with one attached hydrogen (secondary N) is 3. The maximum absolute atomic E-state index is 13.6. The number of fused-ring (bicyclic) bond motifs is 1. The molecule has 1 aliphatic rings. The summed E-state index contributed by atoms with van der Waals surface area (Å²) in [5.41, 5.74) is -0.108. The van der Waals surface area contributed by atoms with E-state index in [0.717, 1.165) is 0 Å². The molecular weight excluding hydrogens is 596 g/mol. The van der Waals surface area contributed by atoms with E-state index in [1.807, 2.05) is 0 Å². The first-order chi connectivity index (χ1) is 21.3. The van der Waals surface area contributed by atoms with Gasteiger partial charge < -0.3 is 24.9 Å². The number of anilines is 1. The van der Waals surface area contributed by atoms with Crippen molar-refractivity contribution in [1.82, 2.24) is 25.8 Å². The molecule has 5 rings (SSSR count). The maximum Gasteiger partial charge on any atom is 0.405 e. The molecule has 0 aliphatic heterocycles. The Morgan fingerprint density at radius 1 is 1.04 bits per heavy atom. The van der Waals surface area contributed by atoms with E-state index < -0.39 is 41.8 Å². The lowest BCUT2D eigenvalue weighted by Crippen LogP contribution is -2.41. The van der Waals surface area contributed by atoms with Gasteiger partial charge in [0.05, 0.1) is 10.9 Å². The van der Waals surface area contributed by atoms with E-state index in [0.29, 0.717) is 11.4 Å². The summed E-state index contributed by atoms with van der Waals surface area (Å²) >= 11 is 0. The van der Waals surface area contributed by atoms with Crippen LogP contribution in [0.15, 0.2) is 75.2 Å². The lowest BCUT2D eigenvalue weighted by molar-refractivity contribution is -0.119. The summed E-state index contributed by atoms with van der Waals surface area (Å²) in [6.45, 7) is 3.67. The Morgan fingerprint density at radius 2 is 1.78 bits per heavy atom. The number of pyridine rings is 1. The predicted molar refractivity (Wildman–Crippen MR) is 157 cm³/mol. The second-order valence-electron chi connectivity index (χ2n) is 10.8. The highest BCUT2D eigenvalue weighted by atomic mass is 19.4. The van der Waals surface area contributed by atoms with Crippen LogP contribution in [0.1, 0.15) is 47.4 Å². The zero-order valence-electron chi connectivity index (χ0n) is 24.5. The molecule has 2 amide bonds. The fourth-order valence-corrected chi connectivity index (χ4v) is 4.70. The van der Waals surface area contributed by atoms with Crippen LogP contribution in [0, 0.1) is 12.7 Å². The van der Waals surface area contributed by atoms with Gasteiger partial charge in [-0.1, -0.05) is 29.5 Å². The molecule has 14 heteroatoms. The van der Waals surface area contributed by atoms with Gasteiger partial charge in [-0.05, 0) is 57.2 Å². The van der Waals surface area contributed by atoms with E-state index in [-0.39, 0.29) is 45.3 Å². The molecule has 1 unspecified atom stereocenters. The zero-order chi connectivity index (χ0) is 32.5. The van der Waals surface area contributed by atoms with Crippen LogP contribution in [0.25, 0.3) is 22.4 Å². The van der Waals surface area contributed by atoms with Crippen molar-refractivity contribution in [3.63, 3.8) is 0 Å². The summed E-state index contributed by atoms with van der Waals surface area (Å²) in [6, 6.07) is 6.74. The van der Waals surface area contributed by atoms with Gasteiger partial charge in [-0.15, -0.1) is 0 Å². The van der Waals surface area contributed by atoms with Gasteiger partial charge in [0, 0.05) is 29.7 Å². The molecule has 1 atom stereocenters. The molecule has 3 heterocycles. The number of furan rings is 1. The number of hydrogen-bond acceptors (Lipinski definition) is 8. The highest BCUT2D eigenvalue weighted by Crippen LogP contribution is 2.38. The summed E-state index contributed by atoms with van der Waals surface area (Å²) in [7, 11) is 1.42.